The van der Waals surface area contributed by atoms with E-state index in [0.29, 0.717) is 16.7 Å². The van der Waals surface area contributed by atoms with Crippen molar-refractivity contribution in [1.82, 2.24) is 58.1 Å². The van der Waals surface area contributed by atoms with E-state index in [4.69, 9.17) is 5.73 Å². The van der Waals surface area contributed by atoms with Crippen molar-refractivity contribution >= 4 is 114 Å². The summed E-state index contributed by atoms with van der Waals surface area (Å²) in [5.74, 6) is -18.6. The van der Waals surface area contributed by atoms with Gasteiger partial charge in [-0.2, -0.15) is 25.3 Å². The lowest BCUT2D eigenvalue weighted by Gasteiger charge is -2.31. The summed E-state index contributed by atoms with van der Waals surface area (Å²) in [6.07, 6.45) is -4.75. The highest BCUT2D eigenvalue weighted by molar-refractivity contribution is 7.80. The van der Waals surface area contributed by atoms with E-state index >= 15 is 0 Å². The van der Waals surface area contributed by atoms with Gasteiger partial charge in [-0.1, -0.05) is 54.6 Å². The molecule has 1 aliphatic rings. The molecule has 3 aromatic carbocycles. The average Bonchev–Trinajstić information content (AvgIpc) is 1.14. The van der Waals surface area contributed by atoms with Crippen molar-refractivity contribution < 1.29 is 108 Å². The number of likely N-dealkylation sites (tertiary alicyclic amines) is 1. The van der Waals surface area contributed by atoms with Crippen LogP contribution in [0, 0.1) is 0 Å². The normalized spacial score (nSPS) is 15.6. The second-order valence-electron chi connectivity index (χ2n) is 22.1. The summed E-state index contributed by atoms with van der Waals surface area (Å²) in [7, 11) is 0. The predicted octanol–water partition coefficient (Wildman–Crippen LogP) is -4.92. The molecule has 1 heterocycles. The second kappa shape index (κ2) is 39.0. The number of rotatable bonds is 39. The van der Waals surface area contributed by atoms with Crippen LogP contribution >= 0.6 is 25.3 Å². The number of carbonyl (C=O) groups is 15. The number of carboxylic acids is 4. The molecule has 0 radical (unpaired) electrons. The molecule has 3 aromatic rings. The van der Waals surface area contributed by atoms with Gasteiger partial charge in [0.1, 0.15) is 78.0 Å². The Morgan fingerprint density at radius 1 is 0.500 bits per heavy atom. The molecule has 0 bridgehead atoms. The molecule has 19 N–H and O–H groups in total. The zero-order valence-corrected chi connectivity index (χ0v) is 53.4. The van der Waals surface area contributed by atoms with Crippen molar-refractivity contribution in [2.45, 2.75) is 138 Å². The molecule has 4 rings (SSSR count). The van der Waals surface area contributed by atoms with Crippen molar-refractivity contribution in [3.05, 3.63) is 95.6 Å². The fourth-order valence-electron chi connectivity index (χ4n) is 9.48. The third-order valence-corrected chi connectivity index (χ3v) is 15.4. The van der Waals surface area contributed by atoms with Crippen molar-refractivity contribution in [3.63, 3.8) is 0 Å². The summed E-state index contributed by atoms with van der Waals surface area (Å²) >= 11 is 8.32. The Morgan fingerprint density at radius 3 is 1.43 bits per heavy atom. The number of benzene rings is 3. The summed E-state index contributed by atoms with van der Waals surface area (Å²) in [5, 5.41) is 90.6. The molecule has 1 fully saturated rings. The van der Waals surface area contributed by atoms with Crippen molar-refractivity contribution in [2.75, 3.05) is 31.2 Å². The van der Waals surface area contributed by atoms with Gasteiger partial charge in [0.2, 0.25) is 65.0 Å². The first-order valence-electron chi connectivity index (χ1n) is 29.8. The number of aliphatic hydroxyl groups excluding tert-OH is 1. The van der Waals surface area contributed by atoms with Gasteiger partial charge in [-0.3, -0.25) is 67.1 Å². The lowest BCUT2D eigenvalue weighted by atomic mass is 10.0. The monoisotopic (exact) mass is 1380 g/mol. The lowest BCUT2D eigenvalue weighted by molar-refractivity contribution is -0.144. The van der Waals surface area contributed by atoms with Gasteiger partial charge in [-0.25, -0.2) is 4.79 Å². The zero-order chi connectivity index (χ0) is 71.3. The molecule has 36 heteroatoms. The molecule has 1 saturated heterocycles. The third kappa shape index (κ3) is 26.0. The van der Waals surface area contributed by atoms with E-state index in [0.717, 1.165) is 4.90 Å². The molecule has 0 unspecified atom stereocenters. The number of aromatic hydroxyl groups is 2. The molecule has 34 nitrogen and oxygen atoms in total. The van der Waals surface area contributed by atoms with Gasteiger partial charge in [0.15, 0.2) is 0 Å². The highest BCUT2D eigenvalue weighted by Crippen LogP contribution is 2.21. The summed E-state index contributed by atoms with van der Waals surface area (Å²) in [4.78, 5) is 199. The van der Waals surface area contributed by atoms with Crippen LogP contribution in [-0.2, 0) is 91.2 Å². The van der Waals surface area contributed by atoms with E-state index in [2.05, 4.69) is 78.4 Å². The number of nitrogens with zero attached hydrogens (tertiary/aromatic N) is 1. The van der Waals surface area contributed by atoms with E-state index in [1.807, 2.05) is 0 Å². The summed E-state index contributed by atoms with van der Waals surface area (Å²) in [6, 6.07) is 1.89. The van der Waals surface area contributed by atoms with Crippen LogP contribution in [0.1, 0.15) is 68.6 Å². The zero-order valence-electron chi connectivity index (χ0n) is 51.6. The number of aliphatic carboxylic acids is 4. The van der Waals surface area contributed by atoms with E-state index in [-0.39, 0.29) is 61.7 Å². The number of amides is 11. The summed E-state index contributed by atoms with van der Waals surface area (Å²) < 4.78 is 0. The van der Waals surface area contributed by atoms with Crippen LogP contribution in [0.5, 0.6) is 11.5 Å². The van der Waals surface area contributed by atoms with Crippen LogP contribution in [0.25, 0.3) is 0 Å². The first-order valence-corrected chi connectivity index (χ1v) is 31.1. The smallest absolute Gasteiger partial charge is 0.326 e. The molecule has 0 spiro atoms. The Morgan fingerprint density at radius 2 is 0.927 bits per heavy atom. The molecule has 96 heavy (non-hydrogen) atoms. The van der Waals surface area contributed by atoms with Crippen LogP contribution in [0.3, 0.4) is 0 Å². The van der Waals surface area contributed by atoms with E-state index in [1.54, 1.807) is 30.3 Å². The molecular formula is C60H78N12O22S2. The quantitative estimate of drug-likeness (QED) is 0.0238. The Labute approximate surface area is 559 Å². The van der Waals surface area contributed by atoms with Gasteiger partial charge in [-0.05, 0) is 73.6 Å². The maximum atomic E-state index is 14.7. The molecule has 11 amide bonds. The van der Waals surface area contributed by atoms with Gasteiger partial charge < -0.3 is 99.5 Å². The lowest BCUT2D eigenvalue weighted by Crippen LogP contribution is -2.61. The second-order valence-corrected chi connectivity index (χ2v) is 22.8. The molecule has 0 aromatic heterocycles. The van der Waals surface area contributed by atoms with Crippen LogP contribution in [-0.4, -0.2) is 227 Å². The van der Waals surface area contributed by atoms with Gasteiger partial charge in [0.05, 0.1) is 19.6 Å². The number of hydrogen-bond acceptors (Lipinski definition) is 21. The number of carboxylic acid groups (broad SMARTS) is 4. The van der Waals surface area contributed by atoms with Crippen LogP contribution < -0.4 is 58.9 Å². The highest BCUT2D eigenvalue weighted by Gasteiger charge is 2.41. The van der Waals surface area contributed by atoms with Gasteiger partial charge >= 0.3 is 23.9 Å². The maximum absolute atomic E-state index is 14.7. The number of aliphatic hydroxyl groups is 1. The standard InChI is InChI=1S/C60H78N12O22S2/c1-30(50(83)70-43(28-95)57(90)69-42(60(93)94)24-33-11-15-35(75)16-12-33)63-46(76)26-62-52(85)37(17-19-47(77)78)64-53(86)38(18-20-48(79)80)65-55(88)40(25-49(81)82)67-58(91)45-8-5-21-72(45)59(92)41(23-31-6-3-2-4-7-31)68-56(89)44(29-96)71-54(87)39(66-51(84)36(61)27-73)22-32-9-13-34(74)14-10-32/h2-4,6-7,9-16,30,36-45,73-75,95-96H,5,8,17-29,61H2,1H3,(H,62,85)(H,63,76)(H,64,86)(H,65,88)(H,66,84)(H,67,91)(H,68,89)(H,69,90)(H,70,83)(H,71,87)(H,77,78)(H,79,80)(H,81,82)(H,93,94)/t30-,36-,37-,38-,39-,40-,41-,42-,43-,44-,45-/m0/s1. The third-order valence-electron chi connectivity index (χ3n) is 14.7. The van der Waals surface area contributed by atoms with Crippen molar-refractivity contribution in [3.8, 4) is 11.5 Å². The number of thiol groups is 2. The van der Waals surface area contributed by atoms with Crippen LogP contribution in [0.2, 0.25) is 0 Å². The fraction of sp³-hybridized carbons (Fsp3) is 0.450. The van der Waals surface area contributed by atoms with Gasteiger partial charge in [0.25, 0.3) is 0 Å². The predicted molar refractivity (Wildman–Crippen MR) is 341 cm³/mol. The van der Waals surface area contributed by atoms with Crippen molar-refractivity contribution in [1.29, 1.82) is 0 Å². The Kier molecular flexibility index (Phi) is 31.8. The first kappa shape index (κ1) is 78.4. The number of hydrogen-bond donors (Lipinski definition) is 20. The number of phenolic OH excluding ortho intramolecular Hbond substituents is 2. The van der Waals surface area contributed by atoms with E-state index < -0.39 is 201 Å². The van der Waals surface area contributed by atoms with Crippen LogP contribution in [0.15, 0.2) is 78.9 Å². The van der Waals surface area contributed by atoms with E-state index in [9.17, 15) is 108 Å². The van der Waals surface area contributed by atoms with Gasteiger partial charge in [0, 0.05) is 50.2 Å². The summed E-state index contributed by atoms with van der Waals surface area (Å²) in [5.41, 5.74) is 7.09. The molecule has 522 valence electrons. The average molecular weight is 1380 g/mol. The van der Waals surface area contributed by atoms with Gasteiger partial charge in [-0.15, -0.1) is 0 Å². The minimum absolute atomic E-state index is 0.0755. The minimum atomic E-state index is -2.06. The highest BCUT2D eigenvalue weighted by atomic mass is 32.1. The molecular weight excluding hydrogens is 1300 g/mol. The number of carbonyl (C=O) groups excluding carboxylic acids is 11. The maximum Gasteiger partial charge on any atom is 0.326 e. The Balaban J connectivity index is 1.47. The Hall–Kier alpha value is -10.1. The SMILES string of the molecule is C[C@H](NC(=O)CNC(=O)[C@H](CCC(=O)O)NC(=O)[C@H](CCC(=O)O)NC(=O)[C@H](CC(=O)O)NC(=O)[C@@H]1CCCN1C(=O)[C@H](Cc1ccccc1)NC(=O)[C@H](CS)NC(=O)[C@H](Cc1ccc(O)cc1)NC(=O)[C@@H](N)CO)C(=O)N[C@@H](CS)C(=O)N[C@@H](Cc1ccc(O)cc1)C(=O)O. The molecule has 0 aliphatic carbocycles. The van der Waals surface area contributed by atoms with Crippen LogP contribution in [0.4, 0.5) is 0 Å². The largest absolute Gasteiger partial charge is 0.508 e. The number of nitrogens with two attached hydrogens (primary N) is 1. The molecule has 11 atom stereocenters. The summed E-state index contributed by atoms with van der Waals surface area (Å²) in [6.45, 7) is -0.644. The molecule has 1 aliphatic heterocycles. The molecule has 0 saturated carbocycles. The minimum Gasteiger partial charge on any atom is -0.508 e. The topological polar surface area (TPSA) is 547 Å². The fourth-order valence-corrected chi connectivity index (χ4v) is 9.99. The van der Waals surface area contributed by atoms with E-state index in [1.165, 1.54) is 55.5 Å². The Bertz CT molecular complexity index is 3280. The van der Waals surface area contributed by atoms with Crippen molar-refractivity contribution in [2.24, 2.45) is 5.73 Å². The first-order chi connectivity index (χ1) is 45.4. The number of phenols is 2. The number of nitrogens with one attached hydrogen (secondary N) is 10.